The van der Waals surface area contributed by atoms with E-state index in [1.165, 1.54) is 23.7 Å². The molecular weight excluding hydrogens is 300 g/mol. The third-order valence-corrected chi connectivity index (χ3v) is 3.16. The number of hydrogen-bond donors (Lipinski definition) is 0. The topological polar surface area (TPSA) is 87.5 Å². The lowest BCUT2D eigenvalue weighted by Crippen LogP contribution is -2.29. The molecule has 0 fully saturated rings. The summed E-state index contributed by atoms with van der Waals surface area (Å²) in [4.78, 5) is 35.3. The predicted octanol–water partition coefficient (Wildman–Crippen LogP) is 1.93. The molecule has 0 spiro atoms. The zero-order valence-electron chi connectivity index (χ0n) is 13.9. The second kappa shape index (κ2) is 9.76. The van der Waals surface area contributed by atoms with Crippen LogP contribution in [0.1, 0.15) is 56.9 Å². The molecule has 0 saturated carbocycles. The molecule has 0 N–H and O–H groups in total. The number of aryl methyl sites for hydroxylation is 1. The Morgan fingerprint density at radius 1 is 1.22 bits per heavy atom. The van der Waals surface area contributed by atoms with Crippen LogP contribution in [0, 0.1) is 0 Å². The summed E-state index contributed by atoms with van der Waals surface area (Å²) in [5.41, 5.74) is -0.282. The van der Waals surface area contributed by atoms with E-state index in [1.54, 1.807) is 0 Å². The molecule has 1 heterocycles. The molecule has 0 aliphatic heterocycles. The van der Waals surface area contributed by atoms with Crippen LogP contribution in [-0.4, -0.2) is 34.4 Å². The zero-order valence-corrected chi connectivity index (χ0v) is 13.9. The Hall–Kier alpha value is -2.18. The fourth-order valence-electron chi connectivity index (χ4n) is 1.73. The number of esters is 2. The average molecular weight is 324 g/mol. The largest absolute Gasteiger partial charge is 0.463 e. The summed E-state index contributed by atoms with van der Waals surface area (Å²) in [7, 11) is 0. The molecule has 23 heavy (non-hydrogen) atoms. The highest BCUT2D eigenvalue weighted by Gasteiger charge is 2.21. The summed E-state index contributed by atoms with van der Waals surface area (Å²) in [5.74, 6) is -1.35. The number of ether oxygens (including phenoxy) is 2. The van der Waals surface area contributed by atoms with Crippen molar-refractivity contribution in [3.63, 3.8) is 0 Å². The summed E-state index contributed by atoms with van der Waals surface area (Å²) in [6, 6.07) is 2.56. The Morgan fingerprint density at radius 3 is 2.57 bits per heavy atom. The molecule has 0 amide bonds. The summed E-state index contributed by atoms with van der Waals surface area (Å²) >= 11 is 0. The summed E-state index contributed by atoms with van der Waals surface area (Å²) in [5, 5.41) is 3.98. The van der Waals surface area contributed by atoms with Gasteiger partial charge in [-0.2, -0.15) is 5.10 Å². The number of aromatic nitrogens is 2. The van der Waals surface area contributed by atoms with E-state index in [4.69, 9.17) is 9.47 Å². The molecule has 0 unspecified atom stereocenters. The minimum Gasteiger partial charge on any atom is -0.463 e. The van der Waals surface area contributed by atoms with Gasteiger partial charge in [-0.15, -0.1) is 0 Å². The Balaban J connectivity index is 2.66. The number of hydrogen-bond acceptors (Lipinski definition) is 6. The molecule has 0 aliphatic carbocycles. The van der Waals surface area contributed by atoms with Crippen molar-refractivity contribution in [3.8, 4) is 0 Å². The molecule has 1 rings (SSSR count). The summed E-state index contributed by atoms with van der Waals surface area (Å²) < 4.78 is 11.2. The molecule has 0 aliphatic rings. The van der Waals surface area contributed by atoms with E-state index in [0.29, 0.717) is 13.2 Å². The highest BCUT2D eigenvalue weighted by atomic mass is 16.6. The second-order valence-electron chi connectivity index (χ2n) is 5.20. The number of carbonyl (C=O) groups excluding carboxylic acids is 2. The molecule has 0 aromatic carbocycles. The number of unbranched alkanes of at least 4 members (excludes halogenated alkanes) is 2. The maximum atomic E-state index is 12.0. The van der Waals surface area contributed by atoms with Gasteiger partial charge in [0.2, 0.25) is 0 Å². The van der Waals surface area contributed by atoms with Crippen molar-refractivity contribution in [1.29, 1.82) is 0 Å². The third-order valence-electron chi connectivity index (χ3n) is 3.16. The predicted molar refractivity (Wildman–Crippen MR) is 84.1 cm³/mol. The van der Waals surface area contributed by atoms with Crippen LogP contribution in [0.3, 0.4) is 0 Å². The van der Waals surface area contributed by atoms with E-state index in [9.17, 15) is 14.4 Å². The quantitative estimate of drug-likeness (QED) is 0.509. The van der Waals surface area contributed by atoms with E-state index in [1.807, 2.05) is 13.8 Å². The fourth-order valence-corrected chi connectivity index (χ4v) is 1.73. The van der Waals surface area contributed by atoms with Gasteiger partial charge in [-0.25, -0.2) is 14.3 Å². The van der Waals surface area contributed by atoms with Crippen molar-refractivity contribution in [2.24, 2.45) is 0 Å². The van der Waals surface area contributed by atoms with Crippen LogP contribution >= 0.6 is 0 Å². The Labute approximate surface area is 135 Å². The highest BCUT2D eigenvalue weighted by molar-refractivity contribution is 5.89. The normalized spacial score (nSPS) is 11.8. The molecule has 0 radical (unpaired) electrons. The van der Waals surface area contributed by atoms with Gasteiger partial charge in [-0.05, 0) is 25.8 Å². The van der Waals surface area contributed by atoms with Crippen LogP contribution < -0.4 is 5.56 Å². The van der Waals surface area contributed by atoms with Crippen molar-refractivity contribution in [2.45, 2.75) is 59.1 Å². The van der Waals surface area contributed by atoms with Crippen LogP contribution in [0.15, 0.2) is 16.9 Å². The monoisotopic (exact) mass is 324 g/mol. The van der Waals surface area contributed by atoms with Gasteiger partial charge < -0.3 is 9.47 Å². The van der Waals surface area contributed by atoms with Gasteiger partial charge in [0.1, 0.15) is 0 Å². The van der Waals surface area contributed by atoms with Crippen LogP contribution in [0.5, 0.6) is 0 Å². The van der Waals surface area contributed by atoms with E-state index >= 15 is 0 Å². The van der Waals surface area contributed by atoms with Crippen molar-refractivity contribution < 1.29 is 19.1 Å². The highest BCUT2D eigenvalue weighted by Crippen LogP contribution is 2.03. The molecule has 1 aromatic rings. The van der Waals surface area contributed by atoms with E-state index < -0.39 is 18.0 Å². The second-order valence-corrected chi connectivity index (χ2v) is 5.20. The van der Waals surface area contributed by atoms with E-state index in [0.717, 1.165) is 25.7 Å². The van der Waals surface area contributed by atoms with Gasteiger partial charge in [-0.1, -0.05) is 26.7 Å². The van der Waals surface area contributed by atoms with Crippen LogP contribution in [0.2, 0.25) is 0 Å². The van der Waals surface area contributed by atoms with Gasteiger partial charge in [0, 0.05) is 12.6 Å². The van der Waals surface area contributed by atoms with Crippen molar-refractivity contribution >= 4 is 11.9 Å². The Morgan fingerprint density at radius 2 is 1.91 bits per heavy atom. The van der Waals surface area contributed by atoms with E-state index in [2.05, 4.69) is 5.10 Å². The molecule has 128 valence electrons. The molecule has 7 nitrogen and oxygen atoms in total. The maximum absolute atomic E-state index is 12.0. The first-order chi connectivity index (χ1) is 11.0. The van der Waals surface area contributed by atoms with Crippen LogP contribution in [0.4, 0.5) is 0 Å². The van der Waals surface area contributed by atoms with Gasteiger partial charge in [-0.3, -0.25) is 4.79 Å². The molecule has 0 saturated heterocycles. The van der Waals surface area contributed by atoms with Crippen molar-refractivity contribution in [2.75, 3.05) is 6.61 Å². The van der Waals surface area contributed by atoms with Gasteiger partial charge >= 0.3 is 11.9 Å². The Kier molecular flexibility index (Phi) is 8.01. The van der Waals surface area contributed by atoms with Gasteiger partial charge in [0.25, 0.3) is 5.56 Å². The lowest BCUT2D eigenvalue weighted by Gasteiger charge is -2.12. The van der Waals surface area contributed by atoms with Gasteiger partial charge in [0.05, 0.1) is 6.61 Å². The minimum atomic E-state index is -1.02. The first-order valence-corrected chi connectivity index (χ1v) is 7.95. The lowest BCUT2D eigenvalue weighted by molar-refractivity contribution is -0.153. The standard InChI is InChI=1S/C16H24N2O5/c1-4-6-10-18-14(19)9-8-13(17-18)16(21)23-12(3)15(20)22-11-7-5-2/h8-9,12H,4-7,10-11H2,1-3H3/t12-/m1/s1. The number of carbonyl (C=O) groups is 2. The molecule has 0 bridgehead atoms. The summed E-state index contributed by atoms with van der Waals surface area (Å²) in [6.07, 6.45) is 2.34. The number of nitrogens with zero attached hydrogens (tertiary/aromatic N) is 2. The van der Waals surface area contributed by atoms with Gasteiger partial charge in [0.15, 0.2) is 11.8 Å². The lowest BCUT2D eigenvalue weighted by atomic mass is 10.3. The first kappa shape index (κ1) is 18.9. The number of rotatable bonds is 9. The molecular formula is C16H24N2O5. The maximum Gasteiger partial charge on any atom is 0.359 e. The fraction of sp³-hybridized carbons (Fsp3) is 0.625. The molecule has 7 heteroatoms. The zero-order chi connectivity index (χ0) is 17.2. The average Bonchev–Trinajstić information content (AvgIpc) is 2.54. The van der Waals surface area contributed by atoms with Crippen molar-refractivity contribution in [3.05, 3.63) is 28.2 Å². The third kappa shape index (κ3) is 6.22. The summed E-state index contributed by atoms with van der Waals surface area (Å²) in [6.45, 7) is 6.16. The molecule has 1 aromatic heterocycles. The Bertz CT molecular complexity index is 582. The van der Waals surface area contributed by atoms with Crippen molar-refractivity contribution in [1.82, 2.24) is 9.78 Å². The van der Waals surface area contributed by atoms with Crippen LogP contribution in [0.25, 0.3) is 0 Å². The molecule has 1 atom stereocenters. The SMILES string of the molecule is CCCCOC(=O)[C@@H](C)OC(=O)c1ccc(=O)n(CCCC)n1. The minimum absolute atomic E-state index is 0.00564. The van der Waals surface area contributed by atoms with E-state index in [-0.39, 0.29) is 11.3 Å². The first-order valence-electron chi connectivity index (χ1n) is 7.95. The van der Waals surface area contributed by atoms with Crippen LogP contribution in [-0.2, 0) is 20.8 Å². The smallest absolute Gasteiger partial charge is 0.359 e.